The topological polar surface area (TPSA) is 127 Å². The fraction of sp³-hybridized carbons (Fsp3) is 0.500. The summed E-state index contributed by atoms with van der Waals surface area (Å²) in [6.07, 6.45) is 0.992. The van der Waals surface area contributed by atoms with Crippen LogP contribution in [0.1, 0.15) is 6.92 Å². The highest BCUT2D eigenvalue weighted by Crippen LogP contribution is 2.26. The summed E-state index contributed by atoms with van der Waals surface area (Å²) in [4.78, 5) is 10.4. The molecule has 0 spiro atoms. The monoisotopic (exact) mass is 262 g/mol. The van der Waals surface area contributed by atoms with Gasteiger partial charge in [-0.1, -0.05) is 0 Å². The number of anilines is 2. The maximum absolute atomic E-state index is 11.5. The Morgan fingerprint density at radius 2 is 2.18 bits per heavy atom. The van der Waals surface area contributed by atoms with Crippen LogP contribution in [-0.2, 0) is 21.2 Å². The standard InChI is InChI=1S/C8H14N4O4S/c1-3-10-8-6(17(2,15)16)7(9)12(11-8)4-5(13)14/h3-4,9H2,1-2H3,(H,10,11)(H,13,14). The van der Waals surface area contributed by atoms with Gasteiger partial charge in [-0.05, 0) is 6.92 Å². The van der Waals surface area contributed by atoms with E-state index < -0.39 is 22.4 Å². The zero-order chi connectivity index (χ0) is 13.2. The molecule has 96 valence electrons. The second kappa shape index (κ2) is 4.62. The highest BCUT2D eigenvalue weighted by Gasteiger charge is 2.24. The molecular formula is C8H14N4O4S. The van der Waals surface area contributed by atoms with Crippen LogP contribution in [-0.4, -0.2) is 42.1 Å². The van der Waals surface area contributed by atoms with Crippen LogP contribution in [0, 0.1) is 0 Å². The van der Waals surface area contributed by atoms with Gasteiger partial charge in [0.25, 0.3) is 0 Å². The zero-order valence-electron chi connectivity index (χ0n) is 9.47. The number of hydrogen-bond donors (Lipinski definition) is 3. The number of carboxylic acid groups (broad SMARTS) is 1. The number of sulfone groups is 1. The van der Waals surface area contributed by atoms with Crippen LogP contribution in [0.2, 0.25) is 0 Å². The van der Waals surface area contributed by atoms with Gasteiger partial charge in [-0.2, -0.15) is 5.10 Å². The molecule has 17 heavy (non-hydrogen) atoms. The van der Waals surface area contributed by atoms with Gasteiger partial charge in [0.05, 0.1) is 0 Å². The van der Waals surface area contributed by atoms with Crippen molar-refractivity contribution >= 4 is 27.4 Å². The number of rotatable bonds is 5. The largest absolute Gasteiger partial charge is 0.480 e. The lowest BCUT2D eigenvalue weighted by molar-refractivity contribution is -0.137. The summed E-state index contributed by atoms with van der Waals surface area (Å²) >= 11 is 0. The second-order valence-corrected chi connectivity index (χ2v) is 5.37. The minimum atomic E-state index is -3.57. The maximum Gasteiger partial charge on any atom is 0.325 e. The molecule has 9 heteroatoms. The van der Waals surface area contributed by atoms with Gasteiger partial charge in [-0.15, -0.1) is 0 Å². The van der Waals surface area contributed by atoms with Crippen molar-refractivity contribution in [2.45, 2.75) is 18.4 Å². The van der Waals surface area contributed by atoms with Gasteiger partial charge >= 0.3 is 5.97 Å². The molecule has 0 radical (unpaired) electrons. The number of nitrogen functional groups attached to an aromatic ring is 1. The maximum atomic E-state index is 11.5. The lowest BCUT2D eigenvalue weighted by Crippen LogP contribution is -2.13. The Kier molecular flexibility index (Phi) is 3.61. The molecule has 0 aliphatic heterocycles. The van der Waals surface area contributed by atoms with E-state index in [2.05, 4.69) is 10.4 Å². The number of nitrogens with one attached hydrogen (secondary N) is 1. The SMILES string of the molecule is CCNc1nn(CC(=O)O)c(N)c1S(C)(=O)=O. The molecule has 0 atom stereocenters. The number of nitrogens with two attached hydrogens (primary N) is 1. The minimum Gasteiger partial charge on any atom is -0.480 e. The lowest BCUT2D eigenvalue weighted by atomic mass is 10.5. The Balaban J connectivity index is 3.35. The first kappa shape index (κ1) is 13.3. The van der Waals surface area contributed by atoms with Crippen molar-refractivity contribution in [2.75, 3.05) is 23.9 Å². The Labute approximate surface area is 98.3 Å². The minimum absolute atomic E-state index is 0.0775. The molecule has 0 saturated heterocycles. The molecule has 1 heterocycles. The van der Waals surface area contributed by atoms with Gasteiger partial charge in [-0.25, -0.2) is 13.1 Å². The third kappa shape index (κ3) is 2.87. The number of carboxylic acids is 1. The van der Waals surface area contributed by atoms with Crippen molar-refractivity contribution in [3.8, 4) is 0 Å². The number of aromatic nitrogens is 2. The van der Waals surface area contributed by atoms with E-state index in [1.165, 1.54) is 0 Å². The Bertz CT molecular complexity index is 534. The van der Waals surface area contributed by atoms with Crippen LogP contribution in [0.3, 0.4) is 0 Å². The molecule has 0 aliphatic carbocycles. The smallest absolute Gasteiger partial charge is 0.325 e. The Morgan fingerprint density at radius 3 is 2.59 bits per heavy atom. The van der Waals surface area contributed by atoms with Crippen molar-refractivity contribution in [2.24, 2.45) is 0 Å². The molecule has 0 amide bonds. The van der Waals surface area contributed by atoms with E-state index >= 15 is 0 Å². The van der Waals surface area contributed by atoms with Crippen LogP contribution >= 0.6 is 0 Å². The van der Waals surface area contributed by atoms with E-state index in [1.807, 2.05) is 0 Å². The van der Waals surface area contributed by atoms with Crippen molar-refractivity contribution in [3.63, 3.8) is 0 Å². The highest BCUT2D eigenvalue weighted by molar-refractivity contribution is 7.91. The average Bonchev–Trinajstić information content (AvgIpc) is 2.41. The molecule has 4 N–H and O–H groups in total. The van der Waals surface area contributed by atoms with Gasteiger partial charge in [-0.3, -0.25) is 4.79 Å². The molecule has 0 aliphatic rings. The first-order valence-electron chi connectivity index (χ1n) is 4.79. The van der Waals surface area contributed by atoms with Crippen LogP contribution in [0.4, 0.5) is 11.6 Å². The highest BCUT2D eigenvalue weighted by atomic mass is 32.2. The summed E-state index contributed by atoms with van der Waals surface area (Å²) in [5.41, 5.74) is 5.59. The summed E-state index contributed by atoms with van der Waals surface area (Å²) in [5.74, 6) is -1.25. The van der Waals surface area contributed by atoms with Gasteiger partial charge in [0.15, 0.2) is 20.6 Å². The average molecular weight is 262 g/mol. The molecule has 1 aromatic heterocycles. The third-order valence-corrected chi connectivity index (χ3v) is 3.09. The number of aliphatic carboxylic acids is 1. The lowest BCUT2D eigenvalue weighted by Gasteiger charge is -2.01. The van der Waals surface area contributed by atoms with Crippen molar-refractivity contribution in [1.82, 2.24) is 9.78 Å². The van der Waals surface area contributed by atoms with Crippen molar-refractivity contribution in [1.29, 1.82) is 0 Å². The third-order valence-electron chi connectivity index (χ3n) is 1.95. The van der Waals surface area contributed by atoms with Crippen molar-refractivity contribution < 1.29 is 18.3 Å². The molecule has 0 aromatic carbocycles. The predicted molar refractivity (Wildman–Crippen MR) is 61.5 cm³/mol. The quantitative estimate of drug-likeness (QED) is 0.645. The Morgan fingerprint density at radius 1 is 1.59 bits per heavy atom. The van der Waals surface area contributed by atoms with Gasteiger partial charge in [0.2, 0.25) is 0 Å². The van der Waals surface area contributed by atoms with Crippen LogP contribution in [0.25, 0.3) is 0 Å². The summed E-state index contributed by atoms with van der Waals surface area (Å²) in [7, 11) is -3.57. The zero-order valence-corrected chi connectivity index (χ0v) is 10.3. The first-order chi connectivity index (χ1) is 7.77. The van der Waals surface area contributed by atoms with E-state index in [0.717, 1.165) is 10.9 Å². The molecule has 0 fully saturated rings. The summed E-state index contributed by atoms with van der Waals surface area (Å²) < 4.78 is 24.0. The van der Waals surface area contributed by atoms with Crippen LogP contribution in [0.15, 0.2) is 4.90 Å². The van der Waals surface area contributed by atoms with Crippen LogP contribution < -0.4 is 11.1 Å². The molecule has 1 aromatic rings. The molecule has 0 unspecified atom stereocenters. The number of hydrogen-bond acceptors (Lipinski definition) is 6. The fourth-order valence-corrected chi connectivity index (χ4v) is 2.31. The fourth-order valence-electron chi connectivity index (χ4n) is 1.36. The van der Waals surface area contributed by atoms with E-state index in [0.29, 0.717) is 6.54 Å². The second-order valence-electron chi connectivity index (χ2n) is 3.42. The van der Waals surface area contributed by atoms with Gasteiger partial charge in [0, 0.05) is 12.8 Å². The van der Waals surface area contributed by atoms with Crippen LogP contribution in [0.5, 0.6) is 0 Å². The molecular weight excluding hydrogens is 248 g/mol. The Hall–Kier alpha value is -1.77. The first-order valence-corrected chi connectivity index (χ1v) is 6.68. The molecule has 0 saturated carbocycles. The summed E-state index contributed by atoms with van der Waals surface area (Å²) in [5, 5.41) is 15.2. The summed E-state index contributed by atoms with van der Waals surface area (Å²) in [6, 6.07) is 0. The van der Waals surface area contributed by atoms with E-state index in [1.54, 1.807) is 6.92 Å². The predicted octanol–water partition coefficient (Wildman–Crippen LogP) is -0.615. The number of carbonyl (C=O) groups is 1. The molecule has 8 nitrogen and oxygen atoms in total. The molecule has 0 bridgehead atoms. The van der Waals surface area contributed by atoms with Gasteiger partial charge < -0.3 is 16.2 Å². The van der Waals surface area contributed by atoms with Gasteiger partial charge in [0.1, 0.15) is 12.4 Å². The normalized spacial score (nSPS) is 11.4. The summed E-state index contributed by atoms with van der Waals surface area (Å²) in [6.45, 7) is 1.73. The van der Waals surface area contributed by atoms with E-state index in [-0.39, 0.29) is 16.5 Å². The van der Waals surface area contributed by atoms with Crippen molar-refractivity contribution in [3.05, 3.63) is 0 Å². The van der Waals surface area contributed by atoms with E-state index in [9.17, 15) is 13.2 Å². The number of nitrogens with zero attached hydrogens (tertiary/aromatic N) is 2. The molecule has 1 rings (SSSR count). The van der Waals surface area contributed by atoms with E-state index in [4.69, 9.17) is 10.8 Å².